The smallest absolute Gasteiger partial charge is 0.193 e. The summed E-state index contributed by atoms with van der Waals surface area (Å²) in [6, 6.07) is 0. The van der Waals surface area contributed by atoms with Crippen LogP contribution in [0, 0.1) is 23.2 Å². The van der Waals surface area contributed by atoms with Gasteiger partial charge in [-0.15, -0.1) is 0 Å². The molecule has 0 aromatic rings. The number of hydrogen-bond donors (Lipinski definition) is 1. The summed E-state index contributed by atoms with van der Waals surface area (Å²) in [5.74, 6) is 0.834. The molecule has 1 saturated heterocycles. The summed E-state index contributed by atoms with van der Waals surface area (Å²) >= 11 is 0. The van der Waals surface area contributed by atoms with Gasteiger partial charge in [-0.1, -0.05) is 20.8 Å². The zero-order chi connectivity index (χ0) is 17.7. The van der Waals surface area contributed by atoms with Crippen molar-refractivity contribution in [3.05, 3.63) is 11.1 Å². The molecule has 4 aliphatic rings. The third-order valence-electron chi connectivity index (χ3n) is 7.32. The molecule has 0 aromatic heterocycles. The van der Waals surface area contributed by atoms with E-state index in [-0.39, 0.29) is 35.6 Å². The van der Waals surface area contributed by atoms with Crippen LogP contribution in [0.25, 0.3) is 0 Å². The van der Waals surface area contributed by atoms with Crippen LogP contribution in [0.15, 0.2) is 11.1 Å². The zero-order valence-electron chi connectivity index (χ0n) is 15.3. The van der Waals surface area contributed by atoms with Crippen LogP contribution >= 0.6 is 0 Å². The van der Waals surface area contributed by atoms with Crippen molar-refractivity contribution in [2.45, 2.75) is 77.6 Å². The molecule has 4 nitrogen and oxygen atoms in total. The number of Topliss-reactive ketones (excluding diaryl/α,β-unsaturated/α-hetero) is 2. The molecule has 2 fully saturated rings. The third-order valence-corrected chi connectivity index (χ3v) is 7.32. The molecule has 6 atom stereocenters. The number of ketones is 2. The fraction of sp³-hybridized carbons (Fsp3) is 0.800. The minimum Gasteiger partial charge on any atom is -0.382 e. The van der Waals surface area contributed by atoms with Crippen molar-refractivity contribution in [3.8, 4) is 0 Å². The first-order valence-electron chi connectivity index (χ1n) is 9.21. The van der Waals surface area contributed by atoms with Crippen molar-refractivity contribution in [1.29, 1.82) is 0 Å². The fourth-order valence-corrected chi connectivity index (χ4v) is 5.36. The van der Waals surface area contributed by atoms with E-state index >= 15 is 0 Å². The number of fused-ring (bicyclic) bond motifs is 3. The Kier molecular flexibility index (Phi) is 3.15. The number of rotatable bonds is 0. The van der Waals surface area contributed by atoms with E-state index in [1.807, 2.05) is 13.8 Å². The fourth-order valence-electron chi connectivity index (χ4n) is 5.36. The summed E-state index contributed by atoms with van der Waals surface area (Å²) in [6.45, 7) is 10.1. The second-order valence-corrected chi connectivity index (χ2v) is 9.56. The molecule has 24 heavy (non-hydrogen) atoms. The van der Waals surface area contributed by atoms with Crippen molar-refractivity contribution in [3.63, 3.8) is 0 Å². The molecule has 1 aliphatic heterocycles. The van der Waals surface area contributed by atoms with Crippen LogP contribution in [-0.4, -0.2) is 34.0 Å². The Morgan fingerprint density at radius 3 is 2.46 bits per heavy atom. The molecular weight excluding hydrogens is 304 g/mol. The Morgan fingerprint density at radius 1 is 1.12 bits per heavy atom. The van der Waals surface area contributed by atoms with Gasteiger partial charge in [-0.3, -0.25) is 9.59 Å². The Morgan fingerprint density at radius 2 is 1.79 bits per heavy atom. The van der Waals surface area contributed by atoms with Crippen molar-refractivity contribution >= 4 is 11.6 Å². The van der Waals surface area contributed by atoms with Gasteiger partial charge in [0.1, 0.15) is 11.7 Å². The van der Waals surface area contributed by atoms with Gasteiger partial charge in [0.15, 0.2) is 11.6 Å². The minimum absolute atomic E-state index is 0.0392. The Balaban J connectivity index is 1.73. The predicted octanol–water partition coefficient (Wildman–Crippen LogP) is 2.83. The van der Waals surface area contributed by atoms with E-state index in [2.05, 4.69) is 13.8 Å². The van der Waals surface area contributed by atoms with E-state index in [0.717, 1.165) is 19.3 Å². The highest BCUT2D eigenvalue weighted by molar-refractivity contribution is 6.15. The van der Waals surface area contributed by atoms with E-state index in [0.29, 0.717) is 28.4 Å². The van der Waals surface area contributed by atoms with Crippen LogP contribution in [0.3, 0.4) is 0 Å². The molecule has 3 aliphatic carbocycles. The van der Waals surface area contributed by atoms with Crippen molar-refractivity contribution < 1.29 is 19.4 Å². The standard InChI is InChI=1S/C20H28O4/c1-10-8-13-12(18(13,2)3)6-7-20(5)17(24-20)14-11(15(10)21)9-19(4,23)16(14)22/h10,12-13,17,23H,6-9H2,1-5H3/t10-,12+,13-,17+,19+,20+/m1/s1. The summed E-state index contributed by atoms with van der Waals surface area (Å²) in [5, 5.41) is 10.4. The normalized spacial score (nSPS) is 49.9. The highest BCUT2D eigenvalue weighted by Crippen LogP contribution is 2.64. The van der Waals surface area contributed by atoms with Gasteiger partial charge >= 0.3 is 0 Å². The Labute approximate surface area is 143 Å². The molecule has 0 amide bonds. The van der Waals surface area contributed by atoms with E-state index < -0.39 is 5.60 Å². The molecule has 1 heterocycles. The molecule has 0 aromatic carbocycles. The van der Waals surface area contributed by atoms with Crippen molar-refractivity contribution in [1.82, 2.24) is 0 Å². The maximum Gasteiger partial charge on any atom is 0.193 e. The lowest BCUT2D eigenvalue weighted by molar-refractivity contribution is -0.130. The lowest BCUT2D eigenvalue weighted by atomic mass is 9.88. The highest BCUT2D eigenvalue weighted by Gasteiger charge is 2.64. The predicted molar refractivity (Wildman–Crippen MR) is 89.3 cm³/mol. The van der Waals surface area contributed by atoms with Crippen LogP contribution < -0.4 is 0 Å². The summed E-state index contributed by atoms with van der Waals surface area (Å²) < 4.78 is 5.93. The second kappa shape index (κ2) is 4.59. The quantitative estimate of drug-likeness (QED) is 0.693. The van der Waals surface area contributed by atoms with Crippen molar-refractivity contribution in [2.75, 3.05) is 0 Å². The van der Waals surface area contributed by atoms with Gasteiger partial charge in [-0.2, -0.15) is 0 Å². The zero-order valence-corrected chi connectivity index (χ0v) is 15.3. The summed E-state index contributed by atoms with van der Waals surface area (Å²) in [4.78, 5) is 25.7. The summed E-state index contributed by atoms with van der Waals surface area (Å²) in [6.07, 6.45) is 2.70. The number of aliphatic hydroxyl groups is 1. The third kappa shape index (κ3) is 2.12. The molecule has 0 bridgehead atoms. The van der Waals surface area contributed by atoms with Gasteiger partial charge in [0.2, 0.25) is 0 Å². The van der Waals surface area contributed by atoms with Gasteiger partial charge in [0, 0.05) is 23.5 Å². The largest absolute Gasteiger partial charge is 0.382 e. The first-order chi connectivity index (χ1) is 11.0. The van der Waals surface area contributed by atoms with Crippen LogP contribution in [0.1, 0.15) is 60.3 Å². The molecule has 1 saturated carbocycles. The summed E-state index contributed by atoms with van der Waals surface area (Å²) in [5.41, 5.74) is -0.521. The number of carbonyl (C=O) groups excluding carboxylic acids is 2. The number of carbonyl (C=O) groups is 2. The number of ether oxygens (including phenoxy) is 1. The average Bonchev–Trinajstić information content (AvgIpc) is 3.25. The van der Waals surface area contributed by atoms with Crippen molar-refractivity contribution in [2.24, 2.45) is 23.2 Å². The highest BCUT2D eigenvalue weighted by atomic mass is 16.6. The molecule has 4 heteroatoms. The molecule has 0 spiro atoms. The first-order valence-corrected chi connectivity index (χ1v) is 9.21. The first kappa shape index (κ1) is 16.5. The Hall–Kier alpha value is -1.00. The maximum absolute atomic E-state index is 13.1. The van der Waals surface area contributed by atoms with Crippen LogP contribution in [0.4, 0.5) is 0 Å². The lowest BCUT2D eigenvalue weighted by Gasteiger charge is -2.16. The molecule has 1 N–H and O–H groups in total. The molecular formula is C20H28O4. The second-order valence-electron chi connectivity index (χ2n) is 9.56. The topological polar surface area (TPSA) is 66.9 Å². The van der Waals surface area contributed by atoms with Crippen LogP contribution in [-0.2, 0) is 14.3 Å². The molecule has 0 unspecified atom stereocenters. The molecule has 0 radical (unpaired) electrons. The van der Waals surface area contributed by atoms with Gasteiger partial charge in [-0.25, -0.2) is 0 Å². The minimum atomic E-state index is -1.46. The van der Waals surface area contributed by atoms with Gasteiger partial charge < -0.3 is 9.84 Å². The number of hydrogen-bond acceptors (Lipinski definition) is 4. The monoisotopic (exact) mass is 332 g/mol. The van der Waals surface area contributed by atoms with E-state index in [1.165, 1.54) is 6.92 Å². The molecule has 4 rings (SSSR count). The van der Waals surface area contributed by atoms with E-state index in [9.17, 15) is 14.7 Å². The van der Waals surface area contributed by atoms with Crippen LogP contribution in [0.2, 0.25) is 0 Å². The number of epoxide rings is 1. The molecule has 132 valence electrons. The van der Waals surface area contributed by atoms with E-state index in [1.54, 1.807) is 0 Å². The van der Waals surface area contributed by atoms with E-state index in [4.69, 9.17) is 4.74 Å². The lowest BCUT2D eigenvalue weighted by Crippen LogP contribution is -2.33. The summed E-state index contributed by atoms with van der Waals surface area (Å²) in [7, 11) is 0. The van der Waals surface area contributed by atoms with Gasteiger partial charge in [0.25, 0.3) is 0 Å². The van der Waals surface area contributed by atoms with Gasteiger partial charge in [-0.05, 0) is 50.4 Å². The van der Waals surface area contributed by atoms with Crippen LogP contribution in [0.5, 0.6) is 0 Å². The maximum atomic E-state index is 13.1. The van der Waals surface area contributed by atoms with Gasteiger partial charge in [0.05, 0.1) is 5.60 Å². The Bertz CT molecular complexity index is 671. The average molecular weight is 332 g/mol. The SMILES string of the molecule is C[C@@H]1C[C@@H]2[C@H](CC[C@]3(C)O[C@H]3C3=C(C[C@](C)(O)C3=O)C1=O)C2(C)C.